The predicted octanol–water partition coefficient (Wildman–Crippen LogP) is 1.31. The van der Waals surface area contributed by atoms with E-state index in [-0.39, 0.29) is 22.9 Å². The molecule has 1 aromatic rings. The van der Waals surface area contributed by atoms with Crippen molar-refractivity contribution in [1.29, 1.82) is 0 Å². The fourth-order valence-corrected chi connectivity index (χ4v) is 2.63. The minimum atomic E-state index is -0.186. The number of nitrogen functional groups attached to an aromatic ring is 1. The molecule has 6 nitrogen and oxygen atoms in total. The molecule has 21 heavy (non-hydrogen) atoms. The fraction of sp³-hybridized carbons (Fsp3) is 0.500. The zero-order chi connectivity index (χ0) is 15.4. The van der Waals surface area contributed by atoms with Crippen LogP contribution in [0.4, 0.5) is 5.69 Å². The number of piperidine rings is 1. The van der Waals surface area contributed by atoms with Gasteiger partial charge in [0, 0.05) is 25.6 Å². The number of nitrogens with one attached hydrogen (secondary N) is 1. The van der Waals surface area contributed by atoms with Crippen LogP contribution in [0.2, 0.25) is 5.15 Å². The Morgan fingerprint density at radius 3 is 2.76 bits per heavy atom. The summed E-state index contributed by atoms with van der Waals surface area (Å²) in [6.45, 7) is 3.59. The van der Waals surface area contributed by atoms with E-state index in [0.29, 0.717) is 43.7 Å². The Kier molecular flexibility index (Phi) is 5.01. The second kappa shape index (κ2) is 6.76. The van der Waals surface area contributed by atoms with Crippen LogP contribution in [0.1, 0.15) is 30.1 Å². The number of hydrogen-bond donors (Lipinski definition) is 2. The van der Waals surface area contributed by atoms with Gasteiger partial charge in [0.15, 0.2) is 0 Å². The number of carbonyl (C=O) groups is 2. The van der Waals surface area contributed by atoms with Crippen molar-refractivity contribution in [2.45, 2.75) is 19.8 Å². The number of aromatic nitrogens is 1. The summed E-state index contributed by atoms with van der Waals surface area (Å²) in [5.41, 5.74) is 6.36. The van der Waals surface area contributed by atoms with Gasteiger partial charge in [-0.2, -0.15) is 0 Å². The molecule has 114 valence electrons. The number of nitrogens with zero attached hydrogens (tertiary/aromatic N) is 2. The van der Waals surface area contributed by atoms with E-state index >= 15 is 0 Å². The Hall–Kier alpha value is -1.82. The van der Waals surface area contributed by atoms with Crippen LogP contribution in [0.5, 0.6) is 0 Å². The zero-order valence-corrected chi connectivity index (χ0v) is 12.7. The normalized spacial score (nSPS) is 15.8. The van der Waals surface area contributed by atoms with Gasteiger partial charge in [-0.1, -0.05) is 11.6 Å². The van der Waals surface area contributed by atoms with Gasteiger partial charge in [0.25, 0.3) is 5.91 Å². The molecule has 1 aliphatic rings. The van der Waals surface area contributed by atoms with Crippen molar-refractivity contribution in [2.24, 2.45) is 5.92 Å². The number of likely N-dealkylation sites (tertiary alicyclic amines) is 1. The van der Waals surface area contributed by atoms with Crippen LogP contribution in [-0.4, -0.2) is 41.3 Å². The maximum Gasteiger partial charge on any atom is 0.257 e. The summed E-state index contributed by atoms with van der Waals surface area (Å²) in [5, 5.41) is 2.97. The third-order valence-corrected chi connectivity index (χ3v) is 3.90. The van der Waals surface area contributed by atoms with Gasteiger partial charge in [-0.05, 0) is 25.8 Å². The van der Waals surface area contributed by atoms with Crippen LogP contribution in [0.3, 0.4) is 0 Å². The van der Waals surface area contributed by atoms with Crippen LogP contribution in [0.15, 0.2) is 12.3 Å². The molecule has 0 bridgehead atoms. The Morgan fingerprint density at radius 2 is 2.14 bits per heavy atom. The van der Waals surface area contributed by atoms with Crippen molar-refractivity contribution in [1.82, 2.24) is 15.2 Å². The number of halogens is 1. The smallest absolute Gasteiger partial charge is 0.257 e. The van der Waals surface area contributed by atoms with Crippen molar-refractivity contribution < 1.29 is 9.59 Å². The molecule has 2 amide bonds. The summed E-state index contributed by atoms with van der Waals surface area (Å²) in [4.78, 5) is 29.8. The van der Waals surface area contributed by atoms with Crippen molar-refractivity contribution >= 4 is 29.1 Å². The third-order valence-electron chi connectivity index (χ3n) is 3.59. The molecule has 1 aliphatic heterocycles. The largest absolute Gasteiger partial charge is 0.397 e. The maximum absolute atomic E-state index is 12.4. The van der Waals surface area contributed by atoms with Crippen molar-refractivity contribution in [3.8, 4) is 0 Å². The number of amides is 2. The number of nitrogens with two attached hydrogens (primary N) is 1. The van der Waals surface area contributed by atoms with E-state index in [4.69, 9.17) is 17.3 Å². The van der Waals surface area contributed by atoms with E-state index in [1.54, 1.807) is 4.90 Å². The van der Waals surface area contributed by atoms with E-state index in [0.717, 1.165) is 0 Å². The highest BCUT2D eigenvalue weighted by Crippen LogP contribution is 2.22. The summed E-state index contributed by atoms with van der Waals surface area (Å²) < 4.78 is 0. The Labute approximate surface area is 128 Å². The van der Waals surface area contributed by atoms with Crippen LogP contribution < -0.4 is 11.1 Å². The minimum absolute atomic E-state index is 0.0246. The molecule has 2 heterocycles. The van der Waals surface area contributed by atoms with Crippen molar-refractivity contribution in [3.63, 3.8) is 0 Å². The standard InChI is InChI=1S/C14H19ClN4O2/c1-2-17-13(20)9-3-5-19(6-4-9)14(21)11-7-10(16)8-18-12(11)15/h7-9H,2-6,16H2,1H3,(H,17,20). The molecule has 0 unspecified atom stereocenters. The van der Waals surface area contributed by atoms with Gasteiger partial charge in [-0.3, -0.25) is 9.59 Å². The molecular weight excluding hydrogens is 292 g/mol. The quantitative estimate of drug-likeness (QED) is 0.824. The first-order valence-corrected chi connectivity index (χ1v) is 7.38. The topological polar surface area (TPSA) is 88.3 Å². The lowest BCUT2D eigenvalue weighted by Gasteiger charge is -2.31. The SMILES string of the molecule is CCNC(=O)C1CCN(C(=O)c2cc(N)cnc2Cl)CC1. The van der Waals surface area contributed by atoms with Gasteiger partial charge in [0.1, 0.15) is 5.15 Å². The van der Waals surface area contributed by atoms with E-state index in [1.807, 2.05) is 6.92 Å². The molecule has 0 atom stereocenters. The summed E-state index contributed by atoms with van der Waals surface area (Å²) >= 11 is 5.95. The van der Waals surface area contributed by atoms with E-state index < -0.39 is 0 Å². The van der Waals surface area contributed by atoms with E-state index in [1.165, 1.54) is 12.3 Å². The number of rotatable bonds is 3. The molecule has 1 aromatic heterocycles. The van der Waals surface area contributed by atoms with E-state index in [2.05, 4.69) is 10.3 Å². The highest BCUT2D eigenvalue weighted by Gasteiger charge is 2.28. The summed E-state index contributed by atoms with van der Waals surface area (Å²) in [5.74, 6) is -0.147. The van der Waals surface area contributed by atoms with Gasteiger partial charge >= 0.3 is 0 Å². The average Bonchev–Trinajstić information content (AvgIpc) is 2.49. The highest BCUT2D eigenvalue weighted by atomic mass is 35.5. The molecule has 3 N–H and O–H groups in total. The first-order valence-electron chi connectivity index (χ1n) is 7.01. The van der Waals surface area contributed by atoms with Gasteiger partial charge in [0.05, 0.1) is 17.4 Å². The third kappa shape index (κ3) is 3.64. The second-order valence-corrected chi connectivity index (χ2v) is 5.43. The van der Waals surface area contributed by atoms with Crippen LogP contribution in [0.25, 0.3) is 0 Å². The molecule has 2 rings (SSSR count). The van der Waals surface area contributed by atoms with Crippen LogP contribution in [-0.2, 0) is 4.79 Å². The molecular formula is C14H19ClN4O2. The van der Waals surface area contributed by atoms with Gasteiger partial charge in [-0.25, -0.2) is 4.98 Å². The van der Waals surface area contributed by atoms with Gasteiger partial charge in [0.2, 0.25) is 5.91 Å². The van der Waals surface area contributed by atoms with Crippen molar-refractivity contribution in [2.75, 3.05) is 25.4 Å². The lowest BCUT2D eigenvalue weighted by molar-refractivity contribution is -0.126. The number of anilines is 1. The lowest BCUT2D eigenvalue weighted by atomic mass is 9.95. The Balaban J connectivity index is 2.00. The number of pyridine rings is 1. The number of hydrogen-bond acceptors (Lipinski definition) is 4. The minimum Gasteiger partial charge on any atom is -0.397 e. The first kappa shape index (κ1) is 15.6. The molecule has 7 heteroatoms. The second-order valence-electron chi connectivity index (χ2n) is 5.07. The van der Waals surface area contributed by atoms with Gasteiger partial charge < -0.3 is 16.0 Å². The maximum atomic E-state index is 12.4. The fourth-order valence-electron chi connectivity index (χ4n) is 2.45. The lowest BCUT2D eigenvalue weighted by Crippen LogP contribution is -2.43. The summed E-state index contributed by atoms with van der Waals surface area (Å²) in [7, 11) is 0. The highest BCUT2D eigenvalue weighted by molar-refractivity contribution is 6.32. The molecule has 0 spiro atoms. The molecule has 0 saturated carbocycles. The molecule has 1 saturated heterocycles. The Morgan fingerprint density at radius 1 is 1.48 bits per heavy atom. The van der Waals surface area contributed by atoms with Gasteiger partial charge in [-0.15, -0.1) is 0 Å². The Bertz CT molecular complexity index is 542. The monoisotopic (exact) mass is 310 g/mol. The number of carbonyl (C=O) groups excluding carboxylic acids is 2. The molecule has 1 fully saturated rings. The average molecular weight is 311 g/mol. The summed E-state index contributed by atoms with van der Waals surface area (Å²) in [6, 6.07) is 1.54. The summed E-state index contributed by atoms with van der Waals surface area (Å²) in [6.07, 6.45) is 2.73. The molecule has 0 aliphatic carbocycles. The van der Waals surface area contributed by atoms with Crippen LogP contribution in [0, 0.1) is 5.92 Å². The van der Waals surface area contributed by atoms with E-state index in [9.17, 15) is 9.59 Å². The first-order chi connectivity index (χ1) is 10.0. The molecule has 0 radical (unpaired) electrons. The molecule has 0 aromatic carbocycles. The predicted molar refractivity (Wildman–Crippen MR) is 81.0 cm³/mol. The zero-order valence-electron chi connectivity index (χ0n) is 11.9. The van der Waals surface area contributed by atoms with Crippen LogP contribution >= 0.6 is 11.6 Å². The van der Waals surface area contributed by atoms with Crippen molar-refractivity contribution in [3.05, 3.63) is 23.0 Å².